The number of H-pyrrole nitrogens is 1. The maximum atomic E-state index is 11.8. The summed E-state index contributed by atoms with van der Waals surface area (Å²) in [6, 6.07) is 0.0731. The lowest BCUT2D eigenvalue weighted by Crippen LogP contribution is -2.39. The molecule has 4 N–H and O–H groups in total. The summed E-state index contributed by atoms with van der Waals surface area (Å²) in [6.45, 7) is 0.164. The number of nitrogens with one attached hydrogen (secondary N) is 2. The molecule has 1 aromatic heterocycles. The summed E-state index contributed by atoms with van der Waals surface area (Å²) in [5.41, 5.74) is 5.93. The zero-order valence-electron chi connectivity index (χ0n) is 8.23. The SMILES string of the molecule is NCc1cn[nH]c1S(=O)(=O)NC1CCC1. The van der Waals surface area contributed by atoms with Gasteiger partial charge < -0.3 is 5.73 Å². The first-order valence-electron chi connectivity index (χ1n) is 4.88. The highest BCUT2D eigenvalue weighted by atomic mass is 32.2. The Labute approximate surface area is 88.3 Å². The van der Waals surface area contributed by atoms with Crippen molar-refractivity contribution >= 4 is 10.0 Å². The first-order chi connectivity index (χ1) is 7.13. The second-order valence-corrected chi connectivity index (χ2v) is 5.33. The van der Waals surface area contributed by atoms with Crippen LogP contribution in [0.2, 0.25) is 0 Å². The molecule has 2 rings (SSSR count). The van der Waals surface area contributed by atoms with E-state index in [0.29, 0.717) is 5.56 Å². The van der Waals surface area contributed by atoms with E-state index in [2.05, 4.69) is 14.9 Å². The molecule has 15 heavy (non-hydrogen) atoms. The van der Waals surface area contributed by atoms with Gasteiger partial charge in [-0.1, -0.05) is 6.42 Å². The van der Waals surface area contributed by atoms with Crippen molar-refractivity contribution in [2.24, 2.45) is 5.73 Å². The second-order valence-electron chi connectivity index (χ2n) is 3.68. The average molecular weight is 230 g/mol. The maximum absolute atomic E-state index is 11.8. The molecule has 1 heterocycles. The minimum atomic E-state index is -3.47. The average Bonchev–Trinajstić information content (AvgIpc) is 2.60. The summed E-state index contributed by atoms with van der Waals surface area (Å²) in [4.78, 5) is 0. The summed E-state index contributed by atoms with van der Waals surface area (Å²) in [5.74, 6) is 0. The molecule has 0 saturated heterocycles. The molecule has 0 unspecified atom stereocenters. The minimum absolute atomic E-state index is 0.0731. The minimum Gasteiger partial charge on any atom is -0.326 e. The number of hydrogen-bond acceptors (Lipinski definition) is 4. The molecule has 0 spiro atoms. The molecule has 0 aliphatic heterocycles. The van der Waals surface area contributed by atoms with Crippen molar-refractivity contribution in [1.29, 1.82) is 0 Å². The molecule has 1 saturated carbocycles. The predicted molar refractivity (Wildman–Crippen MR) is 54.4 cm³/mol. The molecule has 0 bridgehead atoms. The van der Waals surface area contributed by atoms with Crippen LogP contribution in [0.25, 0.3) is 0 Å². The van der Waals surface area contributed by atoms with Crippen LogP contribution in [-0.2, 0) is 16.6 Å². The van der Waals surface area contributed by atoms with Gasteiger partial charge in [0.05, 0.1) is 6.20 Å². The lowest BCUT2D eigenvalue weighted by Gasteiger charge is -2.25. The highest BCUT2D eigenvalue weighted by molar-refractivity contribution is 7.89. The summed E-state index contributed by atoms with van der Waals surface area (Å²) in [5, 5.41) is 6.25. The predicted octanol–water partition coefficient (Wildman–Crippen LogP) is -0.301. The van der Waals surface area contributed by atoms with Crippen LogP contribution < -0.4 is 10.5 Å². The van der Waals surface area contributed by atoms with E-state index >= 15 is 0 Å². The van der Waals surface area contributed by atoms with Gasteiger partial charge in [-0.25, -0.2) is 13.1 Å². The number of aromatic amines is 1. The Balaban J connectivity index is 2.20. The van der Waals surface area contributed by atoms with Crippen molar-refractivity contribution in [2.75, 3.05) is 0 Å². The number of nitrogens with two attached hydrogens (primary N) is 1. The third kappa shape index (κ3) is 2.04. The van der Waals surface area contributed by atoms with E-state index in [1.54, 1.807) is 0 Å². The van der Waals surface area contributed by atoms with E-state index in [4.69, 9.17) is 5.73 Å². The van der Waals surface area contributed by atoms with Gasteiger partial charge in [-0.3, -0.25) is 5.10 Å². The highest BCUT2D eigenvalue weighted by Crippen LogP contribution is 2.21. The number of hydrogen-bond donors (Lipinski definition) is 3. The quantitative estimate of drug-likeness (QED) is 0.661. The van der Waals surface area contributed by atoms with Gasteiger partial charge in [0.2, 0.25) is 0 Å². The van der Waals surface area contributed by atoms with Crippen LogP contribution in [0.1, 0.15) is 24.8 Å². The second kappa shape index (κ2) is 3.92. The van der Waals surface area contributed by atoms with Gasteiger partial charge in [-0.2, -0.15) is 5.10 Å². The monoisotopic (exact) mass is 230 g/mol. The lowest BCUT2D eigenvalue weighted by atomic mass is 9.94. The van der Waals surface area contributed by atoms with Crippen molar-refractivity contribution in [3.8, 4) is 0 Å². The van der Waals surface area contributed by atoms with Crippen LogP contribution in [0, 0.1) is 0 Å². The molecular weight excluding hydrogens is 216 g/mol. The van der Waals surface area contributed by atoms with E-state index in [-0.39, 0.29) is 17.6 Å². The fourth-order valence-electron chi connectivity index (χ4n) is 1.48. The summed E-state index contributed by atoms with van der Waals surface area (Å²) in [6.07, 6.45) is 4.34. The Bertz CT molecular complexity index is 435. The van der Waals surface area contributed by atoms with Gasteiger partial charge in [-0.05, 0) is 12.8 Å². The Hall–Kier alpha value is -0.920. The van der Waals surface area contributed by atoms with Gasteiger partial charge in [0.1, 0.15) is 0 Å². The molecule has 0 amide bonds. The van der Waals surface area contributed by atoms with Crippen molar-refractivity contribution in [1.82, 2.24) is 14.9 Å². The van der Waals surface area contributed by atoms with E-state index in [9.17, 15) is 8.42 Å². The zero-order chi connectivity index (χ0) is 10.9. The maximum Gasteiger partial charge on any atom is 0.258 e. The van der Waals surface area contributed by atoms with E-state index in [0.717, 1.165) is 19.3 Å². The Morgan fingerprint density at radius 2 is 2.33 bits per heavy atom. The van der Waals surface area contributed by atoms with Crippen LogP contribution in [0.3, 0.4) is 0 Å². The zero-order valence-corrected chi connectivity index (χ0v) is 9.05. The third-order valence-electron chi connectivity index (χ3n) is 2.59. The van der Waals surface area contributed by atoms with Gasteiger partial charge in [-0.15, -0.1) is 0 Å². The lowest BCUT2D eigenvalue weighted by molar-refractivity contribution is 0.383. The summed E-state index contributed by atoms with van der Waals surface area (Å²) < 4.78 is 26.3. The Morgan fingerprint density at radius 1 is 1.60 bits per heavy atom. The topological polar surface area (TPSA) is 101 Å². The first-order valence-corrected chi connectivity index (χ1v) is 6.36. The van der Waals surface area contributed by atoms with Crippen LogP contribution >= 0.6 is 0 Å². The van der Waals surface area contributed by atoms with Gasteiger partial charge >= 0.3 is 0 Å². The molecule has 7 heteroatoms. The molecule has 0 atom stereocenters. The summed E-state index contributed by atoms with van der Waals surface area (Å²) >= 11 is 0. The Morgan fingerprint density at radius 3 is 2.87 bits per heavy atom. The first kappa shape index (κ1) is 10.6. The van der Waals surface area contributed by atoms with Crippen LogP contribution in [0.5, 0.6) is 0 Å². The molecule has 0 radical (unpaired) electrons. The van der Waals surface area contributed by atoms with E-state index in [1.807, 2.05) is 0 Å². The van der Waals surface area contributed by atoms with Gasteiger partial charge in [0, 0.05) is 18.2 Å². The fourth-order valence-corrected chi connectivity index (χ4v) is 2.93. The number of sulfonamides is 1. The molecule has 84 valence electrons. The fraction of sp³-hybridized carbons (Fsp3) is 0.625. The van der Waals surface area contributed by atoms with Crippen molar-refractivity contribution in [3.05, 3.63) is 11.8 Å². The summed E-state index contributed by atoms with van der Waals surface area (Å²) in [7, 11) is -3.47. The smallest absolute Gasteiger partial charge is 0.258 e. The van der Waals surface area contributed by atoms with Crippen molar-refractivity contribution in [2.45, 2.75) is 36.9 Å². The van der Waals surface area contributed by atoms with Crippen LogP contribution in [0.15, 0.2) is 11.2 Å². The number of nitrogens with zero attached hydrogens (tertiary/aromatic N) is 1. The van der Waals surface area contributed by atoms with Crippen LogP contribution in [-0.4, -0.2) is 24.7 Å². The van der Waals surface area contributed by atoms with Crippen molar-refractivity contribution < 1.29 is 8.42 Å². The molecule has 1 aliphatic carbocycles. The molecular formula is C8H14N4O2S. The van der Waals surface area contributed by atoms with Crippen molar-refractivity contribution in [3.63, 3.8) is 0 Å². The molecule has 6 nitrogen and oxygen atoms in total. The third-order valence-corrected chi connectivity index (χ3v) is 4.13. The van der Waals surface area contributed by atoms with Gasteiger partial charge in [0.15, 0.2) is 5.03 Å². The molecule has 1 aromatic rings. The Kier molecular flexibility index (Phi) is 2.76. The largest absolute Gasteiger partial charge is 0.326 e. The molecule has 1 aliphatic rings. The number of aromatic nitrogens is 2. The normalized spacial score (nSPS) is 17.7. The van der Waals surface area contributed by atoms with Crippen LogP contribution in [0.4, 0.5) is 0 Å². The highest BCUT2D eigenvalue weighted by Gasteiger charge is 2.27. The molecule has 0 aromatic carbocycles. The molecule has 1 fully saturated rings. The van der Waals surface area contributed by atoms with Gasteiger partial charge in [0.25, 0.3) is 10.0 Å². The van der Waals surface area contributed by atoms with E-state index < -0.39 is 10.0 Å². The standard InChI is InChI=1S/C8H14N4O2S/c9-4-6-5-10-11-8(6)15(13,14)12-7-2-1-3-7/h5,7,12H,1-4,9H2,(H,10,11). The number of rotatable bonds is 4. The van der Waals surface area contributed by atoms with E-state index in [1.165, 1.54) is 6.20 Å².